The molecule has 0 heterocycles. The summed E-state index contributed by atoms with van der Waals surface area (Å²) in [5.74, 6) is 6.84. The van der Waals surface area contributed by atoms with E-state index in [-0.39, 0.29) is 6.61 Å². The van der Waals surface area contributed by atoms with Gasteiger partial charge in [-0.15, -0.1) is 0 Å². The molecule has 1 aromatic carbocycles. The van der Waals surface area contributed by atoms with E-state index in [0.717, 1.165) is 24.8 Å². The molecular formula is C18H20O. The fourth-order valence-corrected chi connectivity index (χ4v) is 2.02. The lowest BCUT2D eigenvalue weighted by Crippen LogP contribution is -1.94. The summed E-state index contributed by atoms with van der Waals surface area (Å²) in [6, 6.07) is 8.38. The van der Waals surface area contributed by atoms with Gasteiger partial charge in [0.2, 0.25) is 0 Å². The Morgan fingerprint density at radius 2 is 2.05 bits per heavy atom. The average molecular weight is 252 g/mol. The zero-order valence-corrected chi connectivity index (χ0v) is 11.4. The lowest BCUT2D eigenvalue weighted by Gasteiger charge is -2.11. The molecule has 0 saturated heterocycles. The predicted octanol–water partition coefficient (Wildman–Crippen LogP) is 3.79. The average Bonchev–Trinajstić information content (AvgIpc) is 2.45. The highest BCUT2D eigenvalue weighted by Gasteiger charge is 2.05. The van der Waals surface area contributed by atoms with E-state index in [1.54, 1.807) is 0 Å². The van der Waals surface area contributed by atoms with Crippen LogP contribution in [-0.4, -0.2) is 11.7 Å². The lowest BCUT2D eigenvalue weighted by molar-refractivity contribution is 0.290. The van der Waals surface area contributed by atoms with Crippen molar-refractivity contribution in [3.63, 3.8) is 0 Å². The Labute approximate surface area is 115 Å². The van der Waals surface area contributed by atoms with E-state index < -0.39 is 0 Å². The van der Waals surface area contributed by atoms with Crippen molar-refractivity contribution < 1.29 is 5.11 Å². The van der Waals surface area contributed by atoms with Gasteiger partial charge < -0.3 is 5.11 Å². The Bertz CT molecular complexity index is 523. The maximum Gasteiger partial charge on any atom is 0.0440 e. The first kappa shape index (κ1) is 13.6. The number of aliphatic hydroxyl groups is 1. The number of aliphatic hydroxyl groups excluding tert-OH is 1. The van der Waals surface area contributed by atoms with Crippen molar-refractivity contribution in [1.29, 1.82) is 0 Å². The van der Waals surface area contributed by atoms with Crippen LogP contribution in [0.3, 0.4) is 0 Å². The zero-order valence-electron chi connectivity index (χ0n) is 11.4. The van der Waals surface area contributed by atoms with Crippen LogP contribution in [0.4, 0.5) is 0 Å². The monoisotopic (exact) mass is 252 g/mol. The zero-order chi connectivity index (χ0) is 13.5. The molecular weight excluding hydrogens is 232 g/mol. The molecule has 1 heteroatoms. The van der Waals surface area contributed by atoms with Crippen molar-refractivity contribution >= 4 is 5.57 Å². The first-order valence-corrected chi connectivity index (χ1v) is 6.88. The Morgan fingerprint density at radius 3 is 2.68 bits per heavy atom. The third kappa shape index (κ3) is 4.12. The normalized spacial score (nSPS) is 17.6. The summed E-state index contributed by atoms with van der Waals surface area (Å²) < 4.78 is 0. The molecule has 0 fully saturated rings. The number of hydrogen-bond donors (Lipinski definition) is 1. The quantitative estimate of drug-likeness (QED) is 0.641. The standard InChI is InChI=1S/C18H20O/c1-15-6-10-17(11-7-15)18-12-8-16(9-13-18)5-3-2-4-14-19/h6,8-13,15,19H,2,4,7,14H2,1H3. The maximum atomic E-state index is 8.68. The van der Waals surface area contributed by atoms with Gasteiger partial charge in [-0.25, -0.2) is 0 Å². The molecule has 0 saturated carbocycles. The molecule has 1 aliphatic rings. The first-order valence-electron chi connectivity index (χ1n) is 6.88. The second-order valence-electron chi connectivity index (χ2n) is 4.94. The molecule has 1 unspecified atom stereocenters. The van der Waals surface area contributed by atoms with Crippen molar-refractivity contribution in [1.82, 2.24) is 0 Å². The molecule has 1 N–H and O–H groups in total. The Morgan fingerprint density at radius 1 is 1.26 bits per heavy atom. The van der Waals surface area contributed by atoms with E-state index in [9.17, 15) is 0 Å². The van der Waals surface area contributed by atoms with Gasteiger partial charge in [-0.2, -0.15) is 0 Å². The van der Waals surface area contributed by atoms with E-state index in [4.69, 9.17) is 5.11 Å². The summed E-state index contributed by atoms with van der Waals surface area (Å²) in [5.41, 5.74) is 3.59. The van der Waals surface area contributed by atoms with Crippen molar-refractivity contribution in [3.05, 3.63) is 53.6 Å². The van der Waals surface area contributed by atoms with Crippen molar-refractivity contribution in [2.75, 3.05) is 6.61 Å². The third-order valence-corrected chi connectivity index (χ3v) is 3.22. The summed E-state index contributed by atoms with van der Waals surface area (Å²) in [5, 5.41) is 8.68. The van der Waals surface area contributed by atoms with Gasteiger partial charge >= 0.3 is 0 Å². The second-order valence-corrected chi connectivity index (χ2v) is 4.94. The van der Waals surface area contributed by atoms with Gasteiger partial charge in [0.25, 0.3) is 0 Å². The van der Waals surface area contributed by atoms with Crippen LogP contribution < -0.4 is 0 Å². The molecule has 0 aromatic heterocycles. The van der Waals surface area contributed by atoms with E-state index in [0.29, 0.717) is 5.92 Å². The molecule has 2 rings (SSSR count). The van der Waals surface area contributed by atoms with Gasteiger partial charge in [0.1, 0.15) is 0 Å². The minimum absolute atomic E-state index is 0.215. The van der Waals surface area contributed by atoms with Gasteiger partial charge in [-0.05, 0) is 42.0 Å². The van der Waals surface area contributed by atoms with Crippen LogP contribution in [0.25, 0.3) is 5.57 Å². The lowest BCUT2D eigenvalue weighted by atomic mass is 9.94. The molecule has 1 nitrogen and oxygen atoms in total. The van der Waals surface area contributed by atoms with E-state index in [1.165, 1.54) is 11.1 Å². The van der Waals surface area contributed by atoms with Gasteiger partial charge in [-0.3, -0.25) is 0 Å². The molecule has 1 aliphatic carbocycles. The summed E-state index contributed by atoms with van der Waals surface area (Å²) in [4.78, 5) is 0. The van der Waals surface area contributed by atoms with Crippen molar-refractivity contribution in [2.24, 2.45) is 5.92 Å². The summed E-state index contributed by atoms with van der Waals surface area (Å²) in [6.45, 7) is 2.45. The topological polar surface area (TPSA) is 20.2 Å². The van der Waals surface area contributed by atoms with Crippen LogP contribution in [0.1, 0.15) is 37.3 Å². The predicted molar refractivity (Wildman–Crippen MR) is 80.5 cm³/mol. The molecule has 98 valence electrons. The summed E-state index contributed by atoms with van der Waals surface area (Å²) >= 11 is 0. The van der Waals surface area contributed by atoms with E-state index in [2.05, 4.69) is 61.3 Å². The summed E-state index contributed by atoms with van der Waals surface area (Å²) in [7, 11) is 0. The van der Waals surface area contributed by atoms with E-state index in [1.807, 2.05) is 0 Å². The first-order chi connectivity index (χ1) is 9.29. The van der Waals surface area contributed by atoms with Crippen molar-refractivity contribution in [3.8, 4) is 11.8 Å². The number of rotatable bonds is 3. The minimum atomic E-state index is 0.215. The largest absolute Gasteiger partial charge is 0.396 e. The SMILES string of the molecule is CC1C=CC(c2ccc(C#CCCCO)cc2)=CC1. The molecule has 0 spiro atoms. The highest BCUT2D eigenvalue weighted by molar-refractivity contribution is 5.75. The van der Waals surface area contributed by atoms with Crippen LogP contribution >= 0.6 is 0 Å². The van der Waals surface area contributed by atoms with Crippen LogP contribution in [-0.2, 0) is 0 Å². The molecule has 1 atom stereocenters. The van der Waals surface area contributed by atoms with Crippen LogP contribution in [0.15, 0.2) is 42.5 Å². The number of unbranched alkanes of at least 4 members (excludes halogenated alkanes) is 1. The van der Waals surface area contributed by atoms with E-state index >= 15 is 0 Å². The Hall–Kier alpha value is -1.78. The number of allylic oxidation sites excluding steroid dienone is 4. The molecule has 1 aromatic rings. The van der Waals surface area contributed by atoms with Crippen LogP contribution in [0.2, 0.25) is 0 Å². The molecule has 0 aliphatic heterocycles. The highest BCUT2D eigenvalue weighted by atomic mass is 16.2. The highest BCUT2D eigenvalue weighted by Crippen LogP contribution is 2.24. The van der Waals surface area contributed by atoms with Crippen LogP contribution in [0, 0.1) is 17.8 Å². The van der Waals surface area contributed by atoms with Crippen LogP contribution in [0.5, 0.6) is 0 Å². The molecule has 0 bridgehead atoms. The Balaban J connectivity index is 2.02. The number of benzene rings is 1. The second kappa shape index (κ2) is 6.97. The summed E-state index contributed by atoms with van der Waals surface area (Å²) in [6.07, 6.45) is 9.39. The van der Waals surface area contributed by atoms with Gasteiger partial charge in [-0.1, -0.05) is 49.1 Å². The molecule has 0 radical (unpaired) electrons. The minimum Gasteiger partial charge on any atom is -0.396 e. The third-order valence-electron chi connectivity index (χ3n) is 3.22. The van der Waals surface area contributed by atoms with Gasteiger partial charge in [0.05, 0.1) is 0 Å². The van der Waals surface area contributed by atoms with Crippen molar-refractivity contribution in [2.45, 2.75) is 26.2 Å². The smallest absolute Gasteiger partial charge is 0.0440 e. The number of hydrogen-bond acceptors (Lipinski definition) is 1. The molecule has 19 heavy (non-hydrogen) atoms. The Kier molecular flexibility index (Phi) is 5.01. The fourth-order valence-electron chi connectivity index (χ4n) is 2.02. The van der Waals surface area contributed by atoms with Gasteiger partial charge in [0, 0.05) is 18.6 Å². The fraction of sp³-hybridized carbons (Fsp3) is 0.333. The maximum absolute atomic E-state index is 8.68. The van der Waals surface area contributed by atoms with Gasteiger partial charge in [0.15, 0.2) is 0 Å². The molecule has 0 amide bonds.